The lowest BCUT2D eigenvalue weighted by molar-refractivity contribution is 0.207. The van der Waals surface area contributed by atoms with E-state index >= 15 is 0 Å². The first-order valence-corrected chi connectivity index (χ1v) is 8.90. The van der Waals surface area contributed by atoms with Gasteiger partial charge in [0.2, 0.25) is 15.9 Å². The summed E-state index contributed by atoms with van der Waals surface area (Å²) in [6, 6.07) is 5.15. The van der Waals surface area contributed by atoms with Crippen molar-refractivity contribution < 1.29 is 13.2 Å². The van der Waals surface area contributed by atoms with Crippen molar-refractivity contribution in [1.82, 2.24) is 19.5 Å². The van der Waals surface area contributed by atoms with E-state index in [1.165, 1.54) is 10.5 Å². The molecule has 1 unspecified atom stereocenters. The molecule has 24 heavy (non-hydrogen) atoms. The molecule has 0 aliphatic carbocycles. The molecule has 0 spiro atoms. The molecule has 2 aromatic rings. The molecule has 1 aliphatic rings. The highest BCUT2D eigenvalue weighted by atomic mass is 32.2. The number of sulfonamides is 1. The summed E-state index contributed by atoms with van der Waals surface area (Å²) in [6.45, 7) is 3.96. The lowest BCUT2D eigenvalue weighted by Gasteiger charge is -2.17. The van der Waals surface area contributed by atoms with E-state index in [1.54, 1.807) is 26.0 Å². The molecule has 1 aliphatic heterocycles. The Morgan fingerprint density at radius 3 is 2.92 bits per heavy atom. The van der Waals surface area contributed by atoms with Gasteiger partial charge in [-0.15, -0.1) is 0 Å². The highest BCUT2D eigenvalue weighted by molar-refractivity contribution is 7.89. The summed E-state index contributed by atoms with van der Waals surface area (Å²) >= 11 is 0. The molecule has 126 valence electrons. The van der Waals surface area contributed by atoms with Crippen molar-refractivity contribution in [1.29, 1.82) is 5.26 Å². The Kier molecular flexibility index (Phi) is 4.26. The minimum atomic E-state index is -3.61. The smallest absolute Gasteiger partial charge is 0.246 e. The fraction of sp³-hybridized carbons (Fsp3) is 0.400. The molecular formula is C15H17N5O3S. The van der Waals surface area contributed by atoms with E-state index in [1.807, 2.05) is 6.07 Å². The van der Waals surface area contributed by atoms with Crippen molar-refractivity contribution in [2.45, 2.75) is 31.3 Å². The van der Waals surface area contributed by atoms with Gasteiger partial charge in [0.05, 0.1) is 29.6 Å². The highest BCUT2D eigenvalue weighted by Gasteiger charge is 2.36. The normalized spacial score (nSPS) is 18.5. The molecule has 0 bridgehead atoms. The van der Waals surface area contributed by atoms with Crippen molar-refractivity contribution in [3.05, 3.63) is 35.3 Å². The number of H-pyrrole nitrogens is 1. The minimum Gasteiger partial charge on any atom is -0.473 e. The van der Waals surface area contributed by atoms with E-state index in [0.717, 1.165) is 0 Å². The number of aromatic amines is 1. The molecular weight excluding hydrogens is 330 g/mol. The van der Waals surface area contributed by atoms with Crippen LogP contribution in [0.5, 0.6) is 5.88 Å². The standard InChI is InChI=1S/C15H17N5O3S/c1-10-15(11(2)19-18-10)24(21,22)20-6-4-13(9-20)23-14-7-12(8-16)3-5-17-14/h3,5,7,13H,4,6,9H2,1-2H3,(H,18,19). The van der Waals surface area contributed by atoms with Crippen LogP contribution in [0.1, 0.15) is 23.4 Å². The van der Waals surface area contributed by atoms with Gasteiger partial charge in [0.1, 0.15) is 11.0 Å². The van der Waals surface area contributed by atoms with Gasteiger partial charge in [-0.3, -0.25) is 5.10 Å². The monoisotopic (exact) mass is 347 g/mol. The van der Waals surface area contributed by atoms with Crippen molar-refractivity contribution in [2.75, 3.05) is 13.1 Å². The fourth-order valence-corrected chi connectivity index (χ4v) is 4.59. The van der Waals surface area contributed by atoms with Gasteiger partial charge in [0.15, 0.2) is 0 Å². The molecule has 3 rings (SSSR count). The summed E-state index contributed by atoms with van der Waals surface area (Å²) in [7, 11) is -3.61. The summed E-state index contributed by atoms with van der Waals surface area (Å²) in [5, 5.41) is 15.6. The zero-order valence-electron chi connectivity index (χ0n) is 13.4. The number of nitriles is 1. The molecule has 0 radical (unpaired) electrons. The quantitative estimate of drug-likeness (QED) is 0.887. The van der Waals surface area contributed by atoms with Gasteiger partial charge in [-0.1, -0.05) is 0 Å². The zero-order valence-corrected chi connectivity index (χ0v) is 14.2. The molecule has 3 heterocycles. The van der Waals surface area contributed by atoms with E-state index in [-0.39, 0.29) is 17.5 Å². The van der Waals surface area contributed by atoms with Crippen LogP contribution in [0.15, 0.2) is 23.2 Å². The molecule has 0 saturated carbocycles. The van der Waals surface area contributed by atoms with Gasteiger partial charge in [-0.2, -0.15) is 14.7 Å². The van der Waals surface area contributed by atoms with E-state index < -0.39 is 10.0 Å². The second kappa shape index (κ2) is 6.22. The van der Waals surface area contributed by atoms with Gasteiger partial charge >= 0.3 is 0 Å². The Hall–Kier alpha value is -2.44. The zero-order chi connectivity index (χ0) is 17.3. The predicted molar refractivity (Wildman–Crippen MR) is 84.8 cm³/mol. The van der Waals surface area contributed by atoms with Crippen LogP contribution < -0.4 is 4.74 Å². The molecule has 1 saturated heterocycles. The van der Waals surface area contributed by atoms with Crippen LogP contribution in [-0.4, -0.2) is 47.1 Å². The molecule has 9 heteroatoms. The Labute approximate surface area is 140 Å². The predicted octanol–water partition coefficient (Wildman–Crippen LogP) is 1.14. The number of hydrogen-bond acceptors (Lipinski definition) is 6. The van der Waals surface area contributed by atoms with E-state index in [9.17, 15) is 8.42 Å². The van der Waals surface area contributed by atoms with Crippen molar-refractivity contribution >= 4 is 10.0 Å². The van der Waals surface area contributed by atoms with Crippen LogP contribution in [0, 0.1) is 25.2 Å². The second-order valence-electron chi connectivity index (χ2n) is 5.65. The molecule has 0 aromatic carbocycles. The molecule has 2 aromatic heterocycles. The first kappa shape index (κ1) is 16.4. The van der Waals surface area contributed by atoms with Crippen LogP contribution in [0.3, 0.4) is 0 Å². The maximum atomic E-state index is 12.8. The van der Waals surface area contributed by atoms with Crippen LogP contribution in [-0.2, 0) is 10.0 Å². The van der Waals surface area contributed by atoms with Crippen molar-refractivity contribution in [3.63, 3.8) is 0 Å². The number of aromatic nitrogens is 3. The first-order chi connectivity index (χ1) is 11.4. The number of hydrogen-bond donors (Lipinski definition) is 1. The summed E-state index contributed by atoms with van der Waals surface area (Å²) < 4.78 is 32.7. The Bertz CT molecular complexity index is 881. The maximum Gasteiger partial charge on any atom is 0.246 e. The third kappa shape index (κ3) is 2.98. The largest absolute Gasteiger partial charge is 0.473 e. The number of aryl methyl sites for hydroxylation is 2. The first-order valence-electron chi connectivity index (χ1n) is 7.46. The fourth-order valence-electron chi connectivity index (χ4n) is 2.78. The number of nitrogens with one attached hydrogen (secondary N) is 1. The van der Waals surface area contributed by atoms with Crippen molar-refractivity contribution in [2.24, 2.45) is 0 Å². The van der Waals surface area contributed by atoms with Crippen molar-refractivity contribution in [3.8, 4) is 11.9 Å². The topological polar surface area (TPSA) is 112 Å². The van der Waals surface area contributed by atoms with Crippen LogP contribution in [0.4, 0.5) is 0 Å². The lowest BCUT2D eigenvalue weighted by atomic mass is 10.3. The highest BCUT2D eigenvalue weighted by Crippen LogP contribution is 2.26. The number of nitrogens with zero attached hydrogens (tertiary/aromatic N) is 4. The molecule has 1 fully saturated rings. The second-order valence-corrected chi connectivity index (χ2v) is 7.52. The molecule has 1 N–H and O–H groups in total. The number of pyridine rings is 1. The van der Waals surface area contributed by atoms with Crippen LogP contribution in [0.2, 0.25) is 0 Å². The molecule has 8 nitrogen and oxygen atoms in total. The van der Waals surface area contributed by atoms with Gasteiger partial charge in [0, 0.05) is 18.8 Å². The summed E-state index contributed by atoms with van der Waals surface area (Å²) in [5.41, 5.74) is 1.44. The SMILES string of the molecule is Cc1n[nH]c(C)c1S(=O)(=O)N1CCC(Oc2cc(C#N)ccn2)C1. The summed E-state index contributed by atoms with van der Waals surface area (Å²) in [4.78, 5) is 4.29. The Morgan fingerprint density at radius 2 is 2.25 bits per heavy atom. The number of rotatable bonds is 4. The maximum absolute atomic E-state index is 12.8. The van der Waals surface area contributed by atoms with E-state index in [0.29, 0.717) is 35.8 Å². The van der Waals surface area contributed by atoms with Gasteiger partial charge in [-0.25, -0.2) is 13.4 Å². The Morgan fingerprint density at radius 1 is 1.46 bits per heavy atom. The van der Waals surface area contributed by atoms with Gasteiger partial charge in [-0.05, 0) is 26.3 Å². The lowest BCUT2D eigenvalue weighted by Crippen LogP contribution is -2.31. The third-order valence-corrected chi connectivity index (χ3v) is 6.05. The van der Waals surface area contributed by atoms with E-state index in [2.05, 4.69) is 15.2 Å². The van der Waals surface area contributed by atoms with Crippen LogP contribution >= 0.6 is 0 Å². The summed E-state index contributed by atoms with van der Waals surface area (Å²) in [5.74, 6) is 0.328. The third-order valence-electron chi connectivity index (χ3n) is 3.92. The Balaban J connectivity index is 1.74. The van der Waals surface area contributed by atoms with Crippen LogP contribution in [0.25, 0.3) is 0 Å². The van der Waals surface area contributed by atoms with Gasteiger partial charge in [0.25, 0.3) is 0 Å². The average Bonchev–Trinajstić information content (AvgIpc) is 3.15. The number of ether oxygens (including phenoxy) is 1. The minimum absolute atomic E-state index is 0.229. The molecule has 1 atom stereocenters. The average molecular weight is 347 g/mol. The van der Waals surface area contributed by atoms with E-state index in [4.69, 9.17) is 10.00 Å². The summed E-state index contributed by atoms with van der Waals surface area (Å²) in [6.07, 6.45) is 1.76. The van der Waals surface area contributed by atoms with Gasteiger partial charge < -0.3 is 4.74 Å². The molecule has 0 amide bonds.